The molecule has 3 heteroatoms. The van der Waals surface area contributed by atoms with Gasteiger partial charge in [-0.2, -0.15) is 0 Å². The van der Waals surface area contributed by atoms with E-state index in [-0.39, 0.29) is 0 Å². The molecule has 1 aliphatic heterocycles. The summed E-state index contributed by atoms with van der Waals surface area (Å²) >= 11 is 0. The Balaban J connectivity index is 1.50. The fraction of sp³-hybridized carbons (Fsp3) is 0.240. The van der Waals surface area contributed by atoms with Gasteiger partial charge in [0.1, 0.15) is 5.75 Å². The van der Waals surface area contributed by atoms with Crippen molar-refractivity contribution in [2.45, 2.75) is 19.3 Å². The van der Waals surface area contributed by atoms with Crippen molar-refractivity contribution in [3.05, 3.63) is 78.4 Å². The highest BCUT2D eigenvalue weighted by molar-refractivity contribution is 5.86. The zero-order valence-corrected chi connectivity index (χ0v) is 16.3. The first kappa shape index (κ1) is 18.3. The van der Waals surface area contributed by atoms with Gasteiger partial charge >= 0.3 is 0 Å². The van der Waals surface area contributed by atoms with E-state index >= 15 is 0 Å². The van der Waals surface area contributed by atoms with Crippen molar-refractivity contribution in [3.8, 4) is 16.9 Å². The molecular weight excluding hydrogens is 344 g/mol. The summed E-state index contributed by atoms with van der Waals surface area (Å²) in [5, 5.41) is 0. The zero-order valence-electron chi connectivity index (χ0n) is 16.3. The quantitative estimate of drug-likeness (QED) is 0.507. The van der Waals surface area contributed by atoms with Gasteiger partial charge in [0.05, 0.1) is 12.8 Å². The van der Waals surface area contributed by atoms with Crippen LogP contribution in [0.5, 0.6) is 5.75 Å². The predicted molar refractivity (Wildman–Crippen MR) is 118 cm³/mol. The van der Waals surface area contributed by atoms with Gasteiger partial charge in [-0.25, -0.2) is 0 Å². The molecule has 0 amide bonds. The summed E-state index contributed by atoms with van der Waals surface area (Å²) in [7, 11) is 1.72. The highest BCUT2D eigenvalue weighted by atomic mass is 16.5. The summed E-state index contributed by atoms with van der Waals surface area (Å²) in [6.45, 7) is 2.26. The second kappa shape index (κ2) is 8.75. The maximum absolute atomic E-state index is 5.62. The maximum atomic E-state index is 5.62. The molecule has 0 spiro atoms. The van der Waals surface area contributed by atoms with Gasteiger partial charge in [-0.1, -0.05) is 42.5 Å². The number of aliphatic imine (C=N–C) groups is 1. The summed E-state index contributed by atoms with van der Waals surface area (Å²) < 4.78 is 5.62. The van der Waals surface area contributed by atoms with Gasteiger partial charge in [0.25, 0.3) is 0 Å². The van der Waals surface area contributed by atoms with Gasteiger partial charge in [-0.05, 0) is 54.7 Å². The molecule has 28 heavy (non-hydrogen) atoms. The third-order valence-electron chi connectivity index (χ3n) is 5.27. The molecule has 1 saturated heterocycles. The summed E-state index contributed by atoms with van der Waals surface area (Å²) in [6.07, 6.45) is 5.76. The number of piperidine rings is 1. The molecular formula is C25H26N2O. The minimum atomic E-state index is 0.868. The largest absolute Gasteiger partial charge is 0.496 e. The number of rotatable bonds is 5. The minimum absolute atomic E-state index is 0.868. The van der Waals surface area contributed by atoms with E-state index in [1.54, 1.807) is 7.11 Å². The van der Waals surface area contributed by atoms with Crippen LogP contribution in [0, 0.1) is 0 Å². The van der Waals surface area contributed by atoms with E-state index in [1.165, 1.54) is 36.1 Å². The van der Waals surface area contributed by atoms with Crippen molar-refractivity contribution in [2.24, 2.45) is 4.99 Å². The van der Waals surface area contributed by atoms with E-state index < -0.39 is 0 Å². The van der Waals surface area contributed by atoms with Crippen molar-refractivity contribution in [1.82, 2.24) is 0 Å². The van der Waals surface area contributed by atoms with Crippen LogP contribution >= 0.6 is 0 Å². The Morgan fingerprint density at radius 3 is 2.25 bits per heavy atom. The Labute approximate surface area is 167 Å². The third kappa shape index (κ3) is 4.25. The molecule has 0 saturated carbocycles. The highest BCUT2D eigenvalue weighted by Gasteiger charge is 2.12. The fourth-order valence-corrected chi connectivity index (χ4v) is 3.67. The molecule has 1 heterocycles. The highest BCUT2D eigenvalue weighted by Crippen LogP contribution is 2.28. The van der Waals surface area contributed by atoms with Crippen molar-refractivity contribution in [3.63, 3.8) is 0 Å². The van der Waals surface area contributed by atoms with E-state index in [9.17, 15) is 0 Å². The molecule has 3 nitrogen and oxygen atoms in total. The van der Waals surface area contributed by atoms with Crippen LogP contribution < -0.4 is 9.64 Å². The Morgan fingerprint density at radius 2 is 1.54 bits per heavy atom. The standard InChI is InChI=1S/C25H26N2O/c1-28-25-18-24(27-16-6-3-7-17-27)15-12-22(25)19-26-23-13-10-21(11-14-23)20-8-4-2-5-9-20/h2,4-5,8-15,18-19H,3,6-7,16-17H2,1H3. The van der Waals surface area contributed by atoms with Crippen LogP contribution in [-0.4, -0.2) is 26.4 Å². The molecule has 3 aromatic carbocycles. The van der Waals surface area contributed by atoms with Gasteiger partial charge in [0, 0.05) is 36.6 Å². The van der Waals surface area contributed by atoms with Crippen LogP contribution in [0.2, 0.25) is 0 Å². The number of ether oxygens (including phenoxy) is 1. The number of hydrogen-bond acceptors (Lipinski definition) is 3. The maximum Gasteiger partial charge on any atom is 0.129 e. The molecule has 1 fully saturated rings. The van der Waals surface area contributed by atoms with Crippen LogP contribution in [0.1, 0.15) is 24.8 Å². The van der Waals surface area contributed by atoms with E-state index in [2.05, 4.69) is 64.5 Å². The van der Waals surface area contributed by atoms with Gasteiger partial charge in [-0.15, -0.1) is 0 Å². The first-order valence-electron chi connectivity index (χ1n) is 9.96. The Kier molecular flexibility index (Phi) is 5.72. The van der Waals surface area contributed by atoms with E-state index in [0.717, 1.165) is 30.1 Å². The predicted octanol–water partition coefficient (Wildman–Crippen LogP) is 6.10. The van der Waals surface area contributed by atoms with Crippen LogP contribution in [0.4, 0.5) is 11.4 Å². The molecule has 1 aliphatic rings. The van der Waals surface area contributed by atoms with Crippen LogP contribution in [0.15, 0.2) is 77.8 Å². The molecule has 0 atom stereocenters. The number of anilines is 1. The smallest absolute Gasteiger partial charge is 0.129 e. The minimum Gasteiger partial charge on any atom is -0.496 e. The molecule has 4 rings (SSSR count). The molecule has 0 radical (unpaired) electrons. The first-order chi connectivity index (χ1) is 13.8. The number of methoxy groups -OCH3 is 1. The normalized spacial score (nSPS) is 14.4. The Morgan fingerprint density at radius 1 is 0.821 bits per heavy atom. The van der Waals surface area contributed by atoms with Gasteiger partial charge in [-0.3, -0.25) is 4.99 Å². The molecule has 0 aliphatic carbocycles. The van der Waals surface area contributed by atoms with Crippen LogP contribution in [-0.2, 0) is 0 Å². The molecule has 0 unspecified atom stereocenters. The average Bonchev–Trinajstić information content (AvgIpc) is 2.79. The number of nitrogens with zero attached hydrogens (tertiary/aromatic N) is 2. The van der Waals surface area contributed by atoms with Crippen molar-refractivity contribution >= 4 is 17.6 Å². The van der Waals surface area contributed by atoms with Crippen molar-refractivity contribution in [1.29, 1.82) is 0 Å². The fourth-order valence-electron chi connectivity index (χ4n) is 3.67. The summed E-state index contributed by atoms with van der Waals surface area (Å²) in [6, 6.07) is 25.1. The third-order valence-corrected chi connectivity index (χ3v) is 5.27. The lowest BCUT2D eigenvalue weighted by Crippen LogP contribution is -2.29. The Bertz CT molecular complexity index is 927. The van der Waals surface area contributed by atoms with E-state index in [0.29, 0.717) is 0 Å². The summed E-state index contributed by atoms with van der Waals surface area (Å²) in [5.41, 5.74) is 5.58. The SMILES string of the molecule is COc1cc(N2CCCCC2)ccc1C=Nc1ccc(-c2ccccc2)cc1. The molecule has 3 aromatic rings. The van der Waals surface area contributed by atoms with Crippen LogP contribution in [0.25, 0.3) is 11.1 Å². The summed E-state index contributed by atoms with van der Waals surface area (Å²) in [5.74, 6) is 0.868. The van der Waals surface area contributed by atoms with E-state index in [1.807, 2.05) is 24.4 Å². The van der Waals surface area contributed by atoms with Crippen molar-refractivity contribution in [2.75, 3.05) is 25.1 Å². The lowest BCUT2D eigenvalue weighted by Gasteiger charge is -2.29. The first-order valence-corrected chi connectivity index (χ1v) is 9.96. The zero-order chi connectivity index (χ0) is 19.2. The summed E-state index contributed by atoms with van der Waals surface area (Å²) in [4.78, 5) is 7.08. The number of benzene rings is 3. The molecule has 142 valence electrons. The molecule has 0 aromatic heterocycles. The molecule has 0 N–H and O–H groups in total. The van der Waals surface area contributed by atoms with Gasteiger partial charge in [0.15, 0.2) is 0 Å². The lowest BCUT2D eigenvalue weighted by molar-refractivity contribution is 0.414. The van der Waals surface area contributed by atoms with Crippen molar-refractivity contribution < 1.29 is 4.74 Å². The van der Waals surface area contributed by atoms with E-state index in [4.69, 9.17) is 4.74 Å². The monoisotopic (exact) mass is 370 g/mol. The topological polar surface area (TPSA) is 24.8 Å². The lowest BCUT2D eigenvalue weighted by atomic mass is 10.1. The second-order valence-corrected chi connectivity index (χ2v) is 7.15. The second-order valence-electron chi connectivity index (χ2n) is 7.15. The number of hydrogen-bond donors (Lipinski definition) is 0. The van der Waals surface area contributed by atoms with Crippen LogP contribution in [0.3, 0.4) is 0 Å². The Hall–Kier alpha value is -3.07. The average molecular weight is 370 g/mol. The van der Waals surface area contributed by atoms with Gasteiger partial charge < -0.3 is 9.64 Å². The molecule has 0 bridgehead atoms. The van der Waals surface area contributed by atoms with Gasteiger partial charge in [0.2, 0.25) is 0 Å².